The summed E-state index contributed by atoms with van der Waals surface area (Å²) in [4.78, 5) is 8.13. The molecule has 0 aliphatic heterocycles. The minimum Gasteiger partial charge on any atom is -0.241 e. The second-order valence-electron chi connectivity index (χ2n) is 2.38. The zero-order valence-corrected chi connectivity index (χ0v) is 6.63. The lowest BCUT2D eigenvalue weighted by molar-refractivity contribution is 0.958. The summed E-state index contributed by atoms with van der Waals surface area (Å²) in [6.45, 7) is 3.73. The molecule has 0 atom stereocenters. The van der Waals surface area contributed by atoms with Crippen LogP contribution in [0.2, 0.25) is 0 Å². The fourth-order valence-corrected chi connectivity index (χ4v) is 0.831. The first-order chi connectivity index (χ1) is 5.24. The van der Waals surface area contributed by atoms with E-state index in [0.29, 0.717) is 6.42 Å². The van der Waals surface area contributed by atoms with E-state index in [-0.39, 0.29) is 0 Å². The molecule has 0 aromatic carbocycles. The van der Waals surface area contributed by atoms with E-state index in [1.807, 2.05) is 13.8 Å². The minimum atomic E-state index is 0.370. The van der Waals surface area contributed by atoms with Gasteiger partial charge in [0.2, 0.25) is 0 Å². The van der Waals surface area contributed by atoms with Crippen LogP contribution in [-0.4, -0.2) is 9.97 Å². The molecule has 1 aromatic rings. The van der Waals surface area contributed by atoms with Crippen molar-refractivity contribution in [2.45, 2.75) is 20.3 Å². The smallest absolute Gasteiger partial charge is 0.125 e. The number of hydrogen-bond acceptors (Lipinski definition) is 3. The van der Waals surface area contributed by atoms with Gasteiger partial charge in [0.15, 0.2) is 0 Å². The fraction of sp³-hybridized carbons (Fsp3) is 0.375. The van der Waals surface area contributed by atoms with Crippen molar-refractivity contribution < 1.29 is 0 Å². The Morgan fingerprint density at radius 1 is 1.55 bits per heavy atom. The Morgan fingerprint density at radius 2 is 2.27 bits per heavy atom. The van der Waals surface area contributed by atoms with Crippen LogP contribution in [0.25, 0.3) is 0 Å². The molecule has 0 unspecified atom stereocenters. The van der Waals surface area contributed by atoms with E-state index in [4.69, 9.17) is 5.26 Å². The van der Waals surface area contributed by atoms with Gasteiger partial charge in [-0.05, 0) is 19.4 Å². The molecule has 3 heteroatoms. The standard InChI is InChI=1S/C8H9N3/c1-6-5-10-7(2)11-8(6)3-4-9/h5H,3H2,1-2H3. The van der Waals surface area contributed by atoms with Gasteiger partial charge < -0.3 is 0 Å². The predicted octanol–water partition coefficient (Wildman–Crippen LogP) is 1.16. The number of hydrogen-bond donors (Lipinski definition) is 0. The summed E-state index contributed by atoms with van der Waals surface area (Å²) in [6.07, 6.45) is 2.12. The van der Waals surface area contributed by atoms with Crippen molar-refractivity contribution in [3.05, 3.63) is 23.3 Å². The second-order valence-corrected chi connectivity index (χ2v) is 2.38. The van der Waals surface area contributed by atoms with Gasteiger partial charge in [0.1, 0.15) is 5.82 Å². The van der Waals surface area contributed by atoms with Crippen molar-refractivity contribution in [2.75, 3.05) is 0 Å². The molecule has 0 saturated carbocycles. The average molecular weight is 147 g/mol. The highest BCUT2D eigenvalue weighted by Crippen LogP contribution is 2.02. The molecule has 11 heavy (non-hydrogen) atoms. The molecule has 0 fully saturated rings. The molecule has 3 nitrogen and oxygen atoms in total. The largest absolute Gasteiger partial charge is 0.241 e. The molecule has 1 aromatic heterocycles. The van der Waals surface area contributed by atoms with Crippen LogP contribution >= 0.6 is 0 Å². The summed E-state index contributed by atoms with van der Waals surface area (Å²) in [5.74, 6) is 0.723. The van der Waals surface area contributed by atoms with Crippen LogP contribution in [0, 0.1) is 25.2 Å². The molecule has 56 valence electrons. The van der Waals surface area contributed by atoms with Crippen molar-refractivity contribution in [2.24, 2.45) is 0 Å². The number of aryl methyl sites for hydroxylation is 2. The monoisotopic (exact) mass is 147 g/mol. The van der Waals surface area contributed by atoms with Crippen LogP contribution in [0.15, 0.2) is 6.20 Å². The lowest BCUT2D eigenvalue weighted by atomic mass is 10.2. The van der Waals surface area contributed by atoms with Crippen LogP contribution in [0.5, 0.6) is 0 Å². The maximum atomic E-state index is 8.42. The second kappa shape index (κ2) is 3.11. The molecule has 0 spiro atoms. The molecular weight excluding hydrogens is 138 g/mol. The van der Waals surface area contributed by atoms with E-state index >= 15 is 0 Å². The van der Waals surface area contributed by atoms with Crippen LogP contribution in [0.4, 0.5) is 0 Å². The van der Waals surface area contributed by atoms with Crippen LogP contribution in [0.3, 0.4) is 0 Å². The molecule has 0 aliphatic carbocycles. The van der Waals surface area contributed by atoms with Gasteiger partial charge in [-0.3, -0.25) is 0 Å². The van der Waals surface area contributed by atoms with Gasteiger partial charge in [-0.15, -0.1) is 0 Å². The van der Waals surface area contributed by atoms with Crippen LogP contribution < -0.4 is 0 Å². The lowest BCUT2D eigenvalue weighted by Gasteiger charge is -1.99. The van der Waals surface area contributed by atoms with E-state index in [1.165, 1.54) is 0 Å². The Bertz CT molecular complexity index is 299. The Hall–Kier alpha value is -1.43. The van der Waals surface area contributed by atoms with Gasteiger partial charge in [0, 0.05) is 6.20 Å². The Labute approximate surface area is 65.7 Å². The fourth-order valence-electron chi connectivity index (χ4n) is 0.831. The van der Waals surface area contributed by atoms with Crippen molar-refractivity contribution in [1.29, 1.82) is 5.26 Å². The van der Waals surface area contributed by atoms with Gasteiger partial charge >= 0.3 is 0 Å². The van der Waals surface area contributed by atoms with E-state index in [9.17, 15) is 0 Å². The highest BCUT2D eigenvalue weighted by atomic mass is 14.9. The molecule has 0 amide bonds. The summed E-state index contributed by atoms with van der Waals surface area (Å²) in [5.41, 5.74) is 1.82. The predicted molar refractivity (Wildman–Crippen MR) is 40.8 cm³/mol. The highest BCUT2D eigenvalue weighted by Gasteiger charge is 1.98. The number of nitrogens with zero attached hydrogens (tertiary/aromatic N) is 3. The summed E-state index contributed by atoms with van der Waals surface area (Å²) in [7, 11) is 0. The highest BCUT2D eigenvalue weighted by molar-refractivity contribution is 5.18. The molecule has 0 aliphatic rings. The number of rotatable bonds is 1. The summed E-state index contributed by atoms with van der Waals surface area (Å²) in [6, 6.07) is 2.06. The maximum absolute atomic E-state index is 8.42. The Kier molecular flexibility index (Phi) is 2.17. The Balaban J connectivity index is 3.05. The minimum absolute atomic E-state index is 0.370. The topological polar surface area (TPSA) is 49.6 Å². The Morgan fingerprint density at radius 3 is 2.91 bits per heavy atom. The zero-order valence-electron chi connectivity index (χ0n) is 6.63. The third-order valence-corrected chi connectivity index (χ3v) is 1.44. The van der Waals surface area contributed by atoms with E-state index in [1.54, 1.807) is 6.20 Å². The summed E-state index contributed by atoms with van der Waals surface area (Å²) >= 11 is 0. The molecule has 0 bridgehead atoms. The first kappa shape index (κ1) is 7.67. The summed E-state index contributed by atoms with van der Waals surface area (Å²) in [5, 5.41) is 8.42. The molecule has 0 N–H and O–H groups in total. The van der Waals surface area contributed by atoms with Crippen molar-refractivity contribution in [3.63, 3.8) is 0 Å². The molecule has 0 saturated heterocycles. The third kappa shape index (κ3) is 1.74. The molecule has 1 heterocycles. The lowest BCUT2D eigenvalue weighted by Crippen LogP contribution is -1.97. The third-order valence-electron chi connectivity index (χ3n) is 1.44. The van der Waals surface area contributed by atoms with E-state index in [0.717, 1.165) is 17.1 Å². The number of nitriles is 1. The maximum Gasteiger partial charge on any atom is 0.125 e. The van der Waals surface area contributed by atoms with Gasteiger partial charge in [-0.1, -0.05) is 0 Å². The normalized spacial score (nSPS) is 9.18. The van der Waals surface area contributed by atoms with Crippen molar-refractivity contribution in [3.8, 4) is 6.07 Å². The van der Waals surface area contributed by atoms with Crippen LogP contribution in [-0.2, 0) is 6.42 Å². The first-order valence-electron chi connectivity index (χ1n) is 3.40. The van der Waals surface area contributed by atoms with E-state index < -0.39 is 0 Å². The van der Waals surface area contributed by atoms with E-state index in [2.05, 4.69) is 16.0 Å². The van der Waals surface area contributed by atoms with Crippen molar-refractivity contribution >= 4 is 0 Å². The molecular formula is C8H9N3. The van der Waals surface area contributed by atoms with Gasteiger partial charge in [-0.2, -0.15) is 5.26 Å². The molecule has 0 radical (unpaired) electrons. The first-order valence-corrected chi connectivity index (χ1v) is 3.40. The van der Waals surface area contributed by atoms with Gasteiger partial charge in [0.05, 0.1) is 18.2 Å². The van der Waals surface area contributed by atoms with Gasteiger partial charge in [0.25, 0.3) is 0 Å². The number of aromatic nitrogens is 2. The van der Waals surface area contributed by atoms with Gasteiger partial charge in [-0.25, -0.2) is 9.97 Å². The SMILES string of the molecule is Cc1ncc(C)c(CC#N)n1. The zero-order chi connectivity index (χ0) is 8.27. The average Bonchev–Trinajstić information content (AvgIpc) is 1.98. The summed E-state index contributed by atoms with van der Waals surface area (Å²) < 4.78 is 0. The quantitative estimate of drug-likeness (QED) is 0.598. The van der Waals surface area contributed by atoms with Crippen molar-refractivity contribution in [1.82, 2.24) is 9.97 Å². The molecule has 1 rings (SSSR count). The van der Waals surface area contributed by atoms with Crippen LogP contribution in [0.1, 0.15) is 17.1 Å².